The Kier molecular flexibility index (Phi) is 2.79. The van der Waals surface area contributed by atoms with Crippen LogP contribution in [0.2, 0.25) is 0 Å². The zero-order valence-corrected chi connectivity index (χ0v) is 12.6. The molecule has 0 bridgehead atoms. The van der Waals surface area contributed by atoms with Crippen LogP contribution >= 0.6 is 15.9 Å². The number of hydrogen-bond donors (Lipinski definition) is 1. The van der Waals surface area contributed by atoms with Gasteiger partial charge in [-0.15, -0.1) is 0 Å². The molecule has 0 saturated carbocycles. The average Bonchev–Trinajstić information content (AvgIpc) is 3.00. The summed E-state index contributed by atoms with van der Waals surface area (Å²) < 4.78 is 16.2. The molecule has 0 radical (unpaired) electrons. The molecule has 1 aliphatic heterocycles. The van der Waals surface area contributed by atoms with E-state index in [0.717, 1.165) is 29.7 Å². The number of hydrogen-bond acceptors (Lipinski definition) is 2. The summed E-state index contributed by atoms with van der Waals surface area (Å²) in [5.41, 5.74) is 2.44. The molecule has 3 aromatic rings. The zero-order valence-electron chi connectivity index (χ0n) is 11.1. The molecule has 21 heavy (non-hydrogen) atoms. The van der Waals surface area contributed by atoms with Crippen LogP contribution in [0.3, 0.4) is 0 Å². The van der Waals surface area contributed by atoms with Crippen LogP contribution < -0.4 is 0 Å². The lowest BCUT2D eigenvalue weighted by molar-refractivity contribution is 0.456. The molecule has 1 aromatic heterocycles. The van der Waals surface area contributed by atoms with E-state index in [2.05, 4.69) is 25.5 Å². The maximum absolute atomic E-state index is 13.7. The molecule has 0 spiro atoms. The van der Waals surface area contributed by atoms with Crippen LogP contribution in [0.4, 0.5) is 4.39 Å². The van der Waals surface area contributed by atoms with Gasteiger partial charge in [0.25, 0.3) is 0 Å². The van der Waals surface area contributed by atoms with Gasteiger partial charge in [0.2, 0.25) is 0 Å². The molecule has 2 heterocycles. The number of fused-ring (bicyclic) bond motifs is 3. The van der Waals surface area contributed by atoms with Crippen LogP contribution in [0.15, 0.2) is 40.9 Å². The van der Waals surface area contributed by atoms with E-state index in [-0.39, 0.29) is 11.9 Å². The fraction of sp³-hybridized carbons (Fsp3) is 0.188. The van der Waals surface area contributed by atoms with Gasteiger partial charge in [-0.2, -0.15) is 0 Å². The maximum atomic E-state index is 13.7. The van der Waals surface area contributed by atoms with Crippen LogP contribution in [-0.2, 0) is 6.42 Å². The molecule has 106 valence electrons. The highest BCUT2D eigenvalue weighted by Crippen LogP contribution is 2.39. The SMILES string of the molecule is Oc1ccccc1[C@@H]1CCc2nc3cc(F)c(Br)cc3n21. The first-order chi connectivity index (χ1) is 10.1. The summed E-state index contributed by atoms with van der Waals surface area (Å²) in [6.45, 7) is 0. The number of para-hydroxylation sites is 1. The lowest BCUT2D eigenvalue weighted by Gasteiger charge is -2.16. The Balaban J connectivity index is 1.95. The van der Waals surface area contributed by atoms with Gasteiger partial charge in [-0.05, 0) is 34.5 Å². The molecule has 0 fully saturated rings. The highest BCUT2D eigenvalue weighted by molar-refractivity contribution is 9.10. The summed E-state index contributed by atoms with van der Waals surface area (Å²) in [5, 5.41) is 10.1. The van der Waals surface area contributed by atoms with Gasteiger partial charge in [-0.25, -0.2) is 9.37 Å². The van der Waals surface area contributed by atoms with Crippen LogP contribution in [0.1, 0.15) is 23.9 Å². The highest BCUT2D eigenvalue weighted by Gasteiger charge is 2.29. The fourth-order valence-electron chi connectivity index (χ4n) is 3.12. The summed E-state index contributed by atoms with van der Waals surface area (Å²) in [6, 6.07) is 10.6. The Bertz CT molecular complexity index is 859. The standard InChI is InChI=1S/C16H12BrFN2O/c17-10-7-14-12(8-11(10)18)19-16-6-5-13(20(14)16)9-3-1-2-4-15(9)21/h1-4,7-8,13,21H,5-6H2/t13-/m0/s1. The Hall–Kier alpha value is -1.88. The van der Waals surface area contributed by atoms with E-state index in [1.807, 2.05) is 18.2 Å². The topological polar surface area (TPSA) is 38.1 Å². The minimum atomic E-state index is -0.307. The normalized spacial score (nSPS) is 17.3. The second-order valence-electron chi connectivity index (χ2n) is 5.27. The minimum absolute atomic E-state index is 0.0450. The highest BCUT2D eigenvalue weighted by atomic mass is 79.9. The number of halogens is 2. The molecule has 0 unspecified atom stereocenters. The number of aryl methyl sites for hydroxylation is 1. The molecular weight excluding hydrogens is 335 g/mol. The number of imidazole rings is 1. The van der Waals surface area contributed by atoms with Gasteiger partial charge in [-0.1, -0.05) is 18.2 Å². The Morgan fingerprint density at radius 1 is 1.29 bits per heavy atom. The predicted molar refractivity (Wildman–Crippen MR) is 82.0 cm³/mol. The first-order valence-corrected chi connectivity index (χ1v) is 7.58. The van der Waals surface area contributed by atoms with Crippen molar-refractivity contribution in [2.24, 2.45) is 0 Å². The molecule has 0 amide bonds. The molecule has 2 aromatic carbocycles. The van der Waals surface area contributed by atoms with Gasteiger partial charge in [0.15, 0.2) is 0 Å². The predicted octanol–water partition coefficient (Wildman–Crippen LogP) is 4.18. The van der Waals surface area contributed by atoms with Gasteiger partial charge in [0.1, 0.15) is 17.4 Å². The Morgan fingerprint density at radius 2 is 2.10 bits per heavy atom. The number of nitrogens with zero attached hydrogens (tertiary/aromatic N) is 2. The number of rotatable bonds is 1. The quantitative estimate of drug-likeness (QED) is 0.717. The lowest BCUT2D eigenvalue weighted by Crippen LogP contribution is -2.05. The van der Waals surface area contributed by atoms with Gasteiger partial charge >= 0.3 is 0 Å². The monoisotopic (exact) mass is 346 g/mol. The lowest BCUT2D eigenvalue weighted by atomic mass is 10.0. The molecule has 0 aliphatic carbocycles. The van der Waals surface area contributed by atoms with E-state index in [1.54, 1.807) is 12.1 Å². The van der Waals surface area contributed by atoms with E-state index in [9.17, 15) is 9.50 Å². The Labute approximate surface area is 129 Å². The molecule has 1 aliphatic rings. The summed E-state index contributed by atoms with van der Waals surface area (Å²) in [7, 11) is 0. The largest absolute Gasteiger partial charge is 0.508 e. The number of phenolic OH excluding ortho intramolecular Hbond substituents is 1. The molecule has 1 N–H and O–H groups in total. The van der Waals surface area contributed by atoms with E-state index < -0.39 is 0 Å². The Morgan fingerprint density at radius 3 is 2.90 bits per heavy atom. The van der Waals surface area contributed by atoms with Crippen molar-refractivity contribution in [1.82, 2.24) is 9.55 Å². The van der Waals surface area contributed by atoms with Gasteiger partial charge in [0.05, 0.1) is 21.5 Å². The molecule has 4 rings (SSSR count). The molecule has 5 heteroatoms. The van der Waals surface area contributed by atoms with Crippen molar-refractivity contribution in [3.63, 3.8) is 0 Å². The molecule has 3 nitrogen and oxygen atoms in total. The van der Waals surface area contributed by atoms with E-state index in [1.165, 1.54) is 6.07 Å². The van der Waals surface area contributed by atoms with Crippen molar-refractivity contribution in [3.8, 4) is 5.75 Å². The third kappa shape index (κ3) is 1.87. The van der Waals surface area contributed by atoms with E-state index >= 15 is 0 Å². The summed E-state index contributed by atoms with van der Waals surface area (Å²) in [6.07, 6.45) is 1.72. The van der Waals surface area contributed by atoms with Crippen LogP contribution in [0.25, 0.3) is 11.0 Å². The zero-order chi connectivity index (χ0) is 14.6. The second kappa shape index (κ2) is 4.56. The first kappa shape index (κ1) is 12.8. The van der Waals surface area contributed by atoms with Crippen LogP contribution in [0.5, 0.6) is 5.75 Å². The van der Waals surface area contributed by atoms with Crippen LogP contribution in [-0.4, -0.2) is 14.7 Å². The maximum Gasteiger partial charge on any atom is 0.139 e. The number of phenols is 1. The third-order valence-corrected chi connectivity index (χ3v) is 4.66. The molecule has 0 saturated heterocycles. The van der Waals surface area contributed by atoms with Crippen LogP contribution in [0, 0.1) is 5.82 Å². The summed E-state index contributed by atoms with van der Waals surface area (Å²) >= 11 is 3.23. The minimum Gasteiger partial charge on any atom is -0.508 e. The molecule has 1 atom stereocenters. The van der Waals surface area contributed by atoms with Gasteiger partial charge < -0.3 is 9.67 Å². The van der Waals surface area contributed by atoms with Crippen molar-refractivity contribution in [2.75, 3.05) is 0 Å². The van der Waals surface area contributed by atoms with Crippen molar-refractivity contribution in [3.05, 3.63) is 58.1 Å². The molecular formula is C16H12BrFN2O. The van der Waals surface area contributed by atoms with Crippen molar-refractivity contribution < 1.29 is 9.50 Å². The second-order valence-corrected chi connectivity index (χ2v) is 6.12. The number of aromatic hydroxyl groups is 1. The number of benzene rings is 2. The van der Waals surface area contributed by atoms with Gasteiger partial charge in [-0.3, -0.25) is 0 Å². The third-order valence-electron chi connectivity index (χ3n) is 4.05. The smallest absolute Gasteiger partial charge is 0.139 e. The fourth-order valence-corrected chi connectivity index (χ4v) is 3.45. The summed E-state index contributed by atoms with van der Waals surface area (Å²) in [4.78, 5) is 4.52. The van der Waals surface area contributed by atoms with Gasteiger partial charge in [0, 0.05) is 18.1 Å². The number of aromatic nitrogens is 2. The average molecular weight is 347 g/mol. The van der Waals surface area contributed by atoms with Crippen molar-refractivity contribution in [1.29, 1.82) is 0 Å². The van der Waals surface area contributed by atoms with Crippen molar-refractivity contribution in [2.45, 2.75) is 18.9 Å². The van der Waals surface area contributed by atoms with Crippen molar-refractivity contribution >= 4 is 27.0 Å². The van der Waals surface area contributed by atoms with E-state index in [0.29, 0.717) is 15.7 Å². The first-order valence-electron chi connectivity index (χ1n) is 6.79. The van der Waals surface area contributed by atoms with E-state index in [4.69, 9.17) is 0 Å². The summed E-state index contributed by atoms with van der Waals surface area (Å²) in [5.74, 6) is 0.924.